The molecule has 0 radical (unpaired) electrons. The van der Waals surface area contributed by atoms with Gasteiger partial charge in [0.15, 0.2) is 0 Å². The molecule has 0 aromatic carbocycles. The highest BCUT2D eigenvalue weighted by molar-refractivity contribution is 7.81. The molecule has 0 rings (SSSR count). The molecule has 0 saturated heterocycles. The molecule has 0 saturated carbocycles. The third-order valence-corrected chi connectivity index (χ3v) is 5.01. The number of aliphatic hydroxyl groups excluding tert-OH is 1. The number of hydrogen-bond acceptors (Lipinski definition) is 4. The fourth-order valence-corrected chi connectivity index (χ4v) is 3.11. The van der Waals surface area contributed by atoms with Gasteiger partial charge < -0.3 is 9.84 Å². The van der Waals surface area contributed by atoms with Crippen molar-refractivity contribution in [3.63, 3.8) is 0 Å². The van der Waals surface area contributed by atoms with Crippen LogP contribution in [0.5, 0.6) is 0 Å². The molecule has 0 aliphatic carbocycles. The quantitative estimate of drug-likeness (QED) is 0.226. The molecule has 4 heteroatoms. The Labute approximate surface area is 149 Å². The van der Waals surface area contributed by atoms with Gasteiger partial charge in [-0.3, -0.25) is 4.79 Å². The summed E-state index contributed by atoms with van der Waals surface area (Å²) in [7, 11) is 1.43. The van der Waals surface area contributed by atoms with Crippen molar-refractivity contribution in [3.8, 4) is 0 Å². The molecule has 138 valence electrons. The van der Waals surface area contributed by atoms with Crippen LogP contribution < -0.4 is 0 Å². The first-order valence-corrected chi connectivity index (χ1v) is 10.1. The van der Waals surface area contributed by atoms with Crippen molar-refractivity contribution in [2.45, 2.75) is 108 Å². The Hall–Kier alpha value is -0.220. The summed E-state index contributed by atoms with van der Waals surface area (Å²) in [6.45, 7) is 2.24. The predicted molar refractivity (Wildman–Crippen MR) is 101 cm³/mol. The number of aliphatic hydroxyl groups is 1. The summed E-state index contributed by atoms with van der Waals surface area (Å²) < 4.78 is 4.61. The van der Waals surface area contributed by atoms with Crippen molar-refractivity contribution in [3.05, 3.63) is 0 Å². The Morgan fingerprint density at radius 1 is 0.913 bits per heavy atom. The van der Waals surface area contributed by atoms with Gasteiger partial charge >= 0.3 is 5.97 Å². The van der Waals surface area contributed by atoms with E-state index in [1.807, 2.05) is 0 Å². The number of carbonyl (C=O) groups excluding carboxylic acids is 1. The summed E-state index contributed by atoms with van der Waals surface area (Å²) in [6, 6.07) is 0. The summed E-state index contributed by atoms with van der Waals surface area (Å²) in [5.41, 5.74) is 0. The van der Waals surface area contributed by atoms with E-state index >= 15 is 0 Å². The van der Waals surface area contributed by atoms with E-state index in [4.69, 9.17) is 0 Å². The average Bonchev–Trinajstić information content (AvgIpc) is 2.56. The Kier molecular flexibility index (Phi) is 16.5. The zero-order valence-corrected chi connectivity index (χ0v) is 16.2. The van der Waals surface area contributed by atoms with Crippen molar-refractivity contribution in [2.24, 2.45) is 0 Å². The number of carbonyl (C=O) groups is 1. The second kappa shape index (κ2) is 16.6. The SMILES string of the molecule is CCCCCCCCC(S)C(O)CCCCCCCC(=O)OC. The lowest BCUT2D eigenvalue weighted by Crippen LogP contribution is -2.20. The molecule has 0 aromatic rings. The molecular formula is C19H38O3S. The number of rotatable bonds is 16. The Morgan fingerprint density at radius 2 is 1.43 bits per heavy atom. The van der Waals surface area contributed by atoms with E-state index < -0.39 is 0 Å². The van der Waals surface area contributed by atoms with E-state index in [1.165, 1.54) is 45.6 Å². The molecule has 0 fully saturated rings. The fourth-order valence-electron chi connectivity index (χ4n) is 2.77. The van der Waals surface area contributed by atoms with Crippen LogP contribution in [0.4, 0.5) is 0 Å². The topological polar surface area (TPSA) is 46.5 Å². The highest BCUT2D eigenvalue weighted by Crippen LogP contribution is 2.18. The number of unbranched alkanes of at least 4 members (excludes halogenated alkanes) is 9. The van der Waals surface area contributed by atoms with Crippen LogP contribution in [0.2, 0.25) is 0 Å². The molecule has 3 nitrogen and oxygen atoms in total. The van der Waals surface area contributed by atoms with Crippen LogP contribution in [0.1, 0.15) is 96.8 Å². The Balaban J connectivity index is 3.40. The minimum atomic E-state index is -0.274. The van der Waals surface area contributed by atoms with Crippen molar-refractivity contribution >= 4 is 18.6 Å². The Morgan fingerprint density at radius 3 is 2.04 bits per heavy atom. The molecule has 0 spiro atoms. The first-order chi connectivity index (χ1) is 11.1. The van der Waals surface area contributed by atoms with Crippen molar-refractivity contribution in [2.75, 3.05) is 7.11 Å². The highest BCUT2D eigenvalue weighted by Gasteiger charge is 2.14. The monoisotopic (exact) mass is 346 g/mol. The second-order valence-corrected chi connectivity index (χ2v) is 7.24. The molecule has 23 heavy (non-hydrogen) atoms. The molecule has 0 heterocycles. The number of esters is 1. The van der Waals surface area contributed by atoms with Crippen LogP contribution in [0.25, 0.3) is 0 Å². The zero-order chi connectivity index (χ0) is 17.3. The summed E-state index contributed by atoms with van der Waals surface area (Å²) in [5.74, 6) is -0.118. The lowest BCUT2D eigenvalue weighted by Gasteiger charge is -2.18. The van der Waals surface area contributed by atoms with E-state index in [0.717, 1.165) is 44.9 Å². The van der Waals surface area contributed by atoms with Gasteiger partial charge in [-0.2, -0.15) is 12.6 Å². The molecule has 1 N–H and O–H groups in total. The van der Waals surface area contributed by atoms with E-state index in [9.17, 15) is 9.90 Å². The van der Waals surface area contributed by atoms with Gasteiger partial charge in [0, 0.05) is 11.7 Å². The predicted octanol–water partition coefficient (Wildman–Crippen LogP) is 5.30. The standard InChI is InChI=1S/C19H38O3S/c1-3-4-5-6-9-12-15-18(23)17(20)14-11-8-7-10-13-16-19(21)22-2/h17-18,20,23H,3-16H2,1-2H3. The van der Waals surface area contributed by atoms with Gasteiger partial charge in [-0.25, -0.2) is 0 Å². The van der Waals surface area contributed by atoms with Gasteiger partial charge in [0.25, 0.3) is 0 Å². The normalized spacial score (nSPS) is 13.7. The molecule has 0 amide bonds. The van der Waals surface area contributed by atoms with E-state index in [2.05, 4.69) is 24.3 Å². The molecule has 0 aliphatic heterocycles. The number of thiol groups is 1. The van der Waals surface area contributed by atoms with Crippen molar-refractivity contribution < 1.29 is 14.6 Å². The molecular weight excluding hydrogens is 308 g/mol. The first kappa shape index (κ1) is 22.8. The number of ether oxygens (including phenoxy) is 1. The third-order valence-electron chi connectivity index (χ3n) is 4.41. The van der Waals surface area contributed by atoms with Gasteiger partial charge in [0.05, 0.1) is 13.2 Å². The van der Waals surface area contributed by atoms with Crippen LogP contribution in [0, 0.1) is 0 Å². The minimum Gasteiger partial charge on any atom is -0.469 e. The smallest absolute Gasteiger partial charge is 0.305 e. The van der Waals surface area contributed by atoms with Gasteiger partial charge in [0.2, 0.25) is 0 Å². The number of hydrogen-bond donors (Lipinski definition) is 2. The third kappa shape index (κ3) is 15.1. The van der Waals surface area contributed by atoms with Crippen molar-refractivity contribution in [1.29, 1.82) is 0 Å². The van der Waals surface area contributed by atoms with Crippen LogP contribution in [-0.2, 0) is 9.53 Å². The summed E-state index contributed by atoms with van der Waals surface area (Å²) in [6.07, 6.45) is 15.1. The molecule has 2 atom stereocenters. The van der Waals surface area contributed by atoms with Gasteiger partial charge in [0.1, 0.15) is 0 Å². The lowest BCUT2D eigenvalue weighted by molar-refractivity contribution is -0.140. The van der Waals surface area contributed by atoms with Crippen LogP contribution in [0.15, 0.2) is 0 Å². The minimum absolute atomic E-state index is 0.118. The second-order valence-electron chi connectivity index (χ2n) is 6.57. The molecule has 0 aliphatic rings. The largest absolute Gasteiger partial charge is 0.469 e. The van der Waals surface area contributed by atoms with Crippen LogP contribution in [0.3, 0.4) is 0 Å². The van der Waals surface area contributed by atoms with Gasteiger partial charge in [-0.1, -0.05) is 71.1 Å². The summed E-state index contributed by atoms with van der Waals surface area (Å²) in [5, 5.41) is 10.3. The van der Waals surface area contributed by atoms with E-state index in [0.29, 0.717) is 6.42 Å². The van der Waals surface area contributed by atoms with E-state index in [1.54, 1.807) is 0 Å². The van der Waals surface area contributed by atoms with Crippen LogP contribution >= 0.6 is 12.6 Å². The van der Waals surface area contributed by atoms with Gasteiger partial charge in [-0.15, -0.1) is 0 Å². The first-order valence-electron chi connectivity index (χ1n) is 9.54. The van der Waals surface area contributed by atoms with Crippen molar-refractivity contribution in [1.82, 2.24) is 0 Å². The lowest BCUT2D eigenvalue weighted by atomic mass is 10.0. The maximum absolute atomic E-state index is 11.0. The van der Waals surface area contributed by atoms with Crippen LogP contribution in [-0.4, -0.2) is 29.5 Å². The Bertz CT molecular complexity index is 271. The van der Waals surface area contributed by atoms with Gasteiger partial charge in [-0.05, 0) is 19.3 Å². The maximum atomic E-state index is 11.0. The molecule has 0 bridgehead atoms. The zero-order valence-electron chi connectivity index (χ0n) is 15.3. The molecule has 2 unspecified atom stereocenters. The fraction of sp³-hybridized carbons (Fsp3) is 0.947. The summed E-state index contributed by atoms with van der Waals surface area (Å²) in [4.78, 5) is 11.0. The number of methoxy groups -OCH3 is 1. The molecule has 0 aromatic heterocycles. The maximum Gasteiger partial charge on any atom is 0.305 e. The average molecular weight is 347 g/mol. The highest BCUT2D eigenvalue weighted by atomic mass is 32.1. The van der Waals surface area contributed by atoms with E-state index in [-0.39, 0.29) is 17.3 Å². The summed E-state index contributed by atoms with van der Waals surface area (Å²) >= 11 is 4.56.